The Labute approximate surface area is 181 Å². The molecule has 0 radical (unpaired) electrons. The highest BCUT2D eigenvalue weighted by Gasteiger charge is 2.36. The van der Waals surface area contributed by atoms with E-state index in [1.165, 1.54) is 0 Å². The van der Waals surface area contributed by atoms with Crippen molar-refractivity contribution in [2.45, 2.75) is 25.3 Å². The topological polar surface area (TPSA) is 89.6 Å². The number of hydrogen-bond donors (Lipinski definition) is 2. The Kier molecular flexibility index (Phi) is 5.87. The minimum absolute atomic E-state index is 0.0772. The van der Waals surface area contributed by atoms with Crippen LogP contribution in [0.5, 0.6) is 0 Å². The van der Waals surface area contributed by atoms with Crippen molar-refractivity contribution in [1.29, 1.82) is 0 Å². The zero-order valence-electron chi connectivity index (χ0n) is 17.3. The van der Waals surface area contributed by atoms with Gasteiger partial charge in [0.15, 0.2) is 5.92 Å². The first-order valence-corrected chi connectivity index (χ1v) is 10.3. The molecule has 0 aromatic heterocycles. The van der Waals surface area contributed by atoms with E-state index in [1.54, 1.807) is 0 Å². The van der Waals surface area contributed by atoms with Gasteiger partial charge in [-0.3, -0.25) is 9.59 Å². The number of carboxylic acid groups (broad SMARTS) is 1. The Morgan fingerprint density at radius 1 is 0.968 bits per heavy atom. The van der Waals surface area contributed by atoms with Gasteiger partial charge in [-0.25, -0.2) is 0 Å². The molecule has 0 saturated carbocycles. The third-order valence-corrected chi connectivity index (χ3v) is 5.86. The van der Waals surface area contributed by atoms with Crippen LogP contribution in [0.4, 0.5) is 0 Å². The van der Waals surface area contributed by atoms with Crippen molar-refractivity contribution in [2.24, 2.45) is 11.7 Å². The van der Waals surface area contributed by atoms with Gasteiger partial charge in [0.05, 0.1) is 0 Å². The maximum Gasteiger partial charge on any atom is 0.321 e. The summed E-state index contributed by atoms with van der Waals surface area (Å²) in [4.78, 5) is 24.6. The summed E-state index contributed by atoms with van der Waals surface area (Å²) in [5, 5.41) is 9.67. The third kappa shape index (κ3) is 4.23. The second-order valence-electron chi connectivity index (χ2n) is 8.03. The number of carbonyl (C=O) groups is 2. The monoisotopic (exact) mass is 415 g/mol. The minimum Gasteiger partial charge on any atom is -0.481 e. The molecule has 31 heavy (non-hydrogen) atoms. The summed E-state index contributed by atoms with van der Waals surface area (Å²) >= 11 is 0. The number of fused-ring (bicyclic) bond motifs is 3. The van der Waals surface area contributed by atoms with Gasteiger partial charge in [-0.2, -0.15) is 0 Å². The average molecular weight is 415 g/mol. The van der Waals surface area contributed by atoms with Crippen LogP contribution in [-0.2, 0) is 20.7 Å². The fourth-order valence-corrected chi connectivity index (χ4v) is 4.38. The highest BCUT2D eigenvalue weighted by Crippen LogP contribution is 2.44. The molecular weight excluding hydrogens is 390 g/mol. The molecule has 3 aromatic rings. The van der Waals surface area contributed by atoms with Crippen molar-refractivity contribution in [3.63, 3.8) is 0 Å². The van der Waals surface area contributed by atoms with Gasteiger partial charge in [0.1, 0.15) is 6.61 Å². The number of carbonyl (C=O) groups excluding carboxylic acids is 1. The standard InChI is InChI=1S/C26H25NO4/c1-16-7-6-8-17(13-16)14-23(27)24(25(28)29)26(30)31-15-22-20-11-4-2-9-18(20)19-10-3-5-12-21(19)22/h2-13,22-24H,14-15,27H2,1H3,(H,28,29)/t23-,24+/m0/s1. The maximum absolute atomic E-state index is 12.8. The summed E-state index contributed by atoms with van der Waals surface area (Å²) in [6, 6.07) is 22.8. The summed E-state index contributed by atoms with van der Waals surface area (Å²) in [6.07, 6.45) is 0.281. The minimum atomic E-state index is -1.42. The summed E-state index contributed by atoms with van der Waals surface area (Å²) in [5.41, 5.74) is 12.5. The number of carboxylic acids is 1. The first-order chi connectivity index (χ1) is 15.0. The maximum atomic E-state index is 12.8. The number of benzene rings is 3. The Morgan fingerprint density at radius 2 is 1.58 bits per heavy atom. The van der Waals surface area contributed by atoms with Gasteiger partial charge in [0.25, 0.3) is 0 Å². The van der Waals surface area contributed by atoms with Crippen molar-refractivity contribution in [1.82, 2.24) is 0 Å². The number of ether oxygens (including phenoxy) is 1. The van der Waals surface area contributed by atoms with Gasteiger partial charge in [-0.05, 0) is 41.2 Å². The SMILES string of the molecule is Cc1cccc(C[C@H](N)[C@H](C(=O)O)C(=O)OCC2c3ccccc3-c3ccccc32)c1. The lowest BCUT2D eigenvalue weighted by atomic mass is 9.93. The summed E-state index contributed by atoms with van der Waals surface area (Å²) < 4.78 is 5.55. The van der Waals surface area contributed by atoms with E-state index >= 15 is 0 Å². The predicted octanol–water partition coefficient (Wildman–Crippen LogP) is 3.92. The van der Waals surface area contributed by atoms with Crippen LogP contribution in [0.1, 0.15) is 28.2 Å². The summed E-state index contributed by atoms with van der Waals surface area (Å²) in [6.45, 7) is 2.03. The molecule has 5 nitrogen and oxygen atoms in total. The van der Waals surface area contributed by atoms with E-state index in [4.69, 9.17) is 10.5 Å². The molecule has 2 atom stereocenters. The first kappa shape index (κ1) is 20.8. The molecule has 3 N–H and O–H groups in total. The lowest BCUT2D eigenvalue weighted by Gasteiger charge is -2.21. The Bertz CT molecular complexity index is 1080. The van der Waals surface area contributed by atoms with E-state index < -0.39 is 23.9 Å². The molecule has 0 bridgehead atoms. The first-order valence-electron chi connectivity index (χ1n) is 10.3. The summed E-state index contributed by atoms with van der Waals surface area (Å²) in [5.74, 6) is -3.61. The normalized spacial score (nSPS) is 14.4. The molecule has 0 amide bonds. The fraction of sp³-hybridized carbons (Fsp3) is 0.231. The lowest BCUT2D eigenvalue weighted by Crippen LogP contribution is -2.43. The van der Waals surface area contributed by atoms with Crippen molar-refractivity contribution in [3.8, 4) is 11.1 Å². The highest BCUT2D eigenvalue weighted by molar-refractivity contribution is 5.95. The molecule has 5 heteroatoms. The number of aryl methyl sites for hydroxylation is 1. The van der Waals surface area contributed by atoms with E-state index in [9.17, 15) is 14.7 Å². The van der Waals surface area contributed by atoms with E-state index in [-0.39, 0.29) is 18.9 Å². The third-order valence-electron chi connectivity index (χ3n) is 5.86. The van der Waals surface area contributed by atoms with E-state index in [2.05, 4.69) is 0 Å². The molecule has 3 aromatic carbocycles. The van der Waals surface area contributed by atoms with Crippen LogP contribution >= 0.6 is 0 Å². The van der Waals surface area contributed by atoms with Gasteiger partial charge in [-0.15, -0.1) is 0 Å². The van der Waals surface area contributed by atoms with Crippen LogP contribution in [-0.4, -0.2) is 29.7 Å². The fourth-order valence-electron chi connectivity index (χ4n) is 4.38. The molecule has 0 heterocycles. The molecular formula is C26H25NO4. The number of esters is 1. The van der Waals surface area contributed by atoms with E-state index in [0.29, 0.717) is 0 Å². The van der Waals surface area contributed by atoms with Crippen molar-refractivity contribution >= 4 is 11.9 Å². The molecule has 0 aliphatic heterocycles. The van der Waals surface area contributed by atoms with Gasteiger partial charge in [0.2, 0.25) is 0 Å². The molecule has 0 unspecified atom stereocenters. The second kappa shape index (κ2) is 8.74. The number of rotatable bonds is 7. The van der Waals surface area contributed by atoms with Crippen LogP contribution in [0, 0.1) is 12.8 Å². The molecule has 0 spiro atoms. The van der Waals surface area contributed by atoms with Crippen LogP contribution in [0.25, 0.3) is 11.1 Å². The molecule has 1 aliphatic rings. The smallest absolute Gasteiger partial charge is 0.321 e. The Balaban J connectivity index is 1.49. The zero-order chi connectivity index (χ0) is 22.0. The molecule has 0 fully saturated rings. The number of hydrogen-bond acceptors (Lipinski definition) is 4. The Morgan fingerprint density at radius 3 is 2.16 bits per heavy atom. The predicted molar refractivity (Wildman–Crippen MR) is 119 cm³/mol. The molecule has 4 rings (SSSR count). The molecule has 0 saturated heterocycles. The highest BCUT2D eigenvalue weighted by atomic mass is 16.5. The van der Waals surface area contributed by atoms with Crippen LogP contribution in [0.2, 0.25) is 0 Å². The molecule has 158 valence electrons. The van der Waals surface area contributed by atoms with E-state index in [0.717, 1.165) is 33.4 Å². The van der Waals surface area contributed by atoms with Crippen molar-refractivity contribution in [3.05, 3.63) is 95.1 Å². The molecule has 1 aliphatic carbocycles. The van der Waals surface area contributed by atoms with Gasteiger partial charge in [0, 0.05) is 12.0 Å². The van der Waals surface area contributed by atoms with Gasteiger partial charge >= 0.3 is 11.9 Å². The van der Waals surface area contributed by atoms with Crippen molar-refractivity contribution < 1.29 is 19.4 Å². The van der Waals surface area contributed by atoms with Gasteiger partial charge in [-0.1, -0.05) is 78.4 Å². The van der Waals surface area contributed by atoms with Crippen LogP contribution < -0.4 is 5.73 Å². The largest absolute Gasteiger partial charge is 0.481 e. The lowest BCUT2D eigenvalue weighted by molar-refractivity contribution is -0.159. The van der Waals surface area contributed by atoms with E-state index in [1.807, 2.05) is 79.7 Å². The zero-order valence-corrected chi connectivity index (χ0v) is 17.3. The van der Waals surface area contributed by atoms with Crippen LogP contribution in [0.3, 0.4) is 0 Å². The number of nitrogens with two attached hydrogens (primary N) is 1. The van der Waals surface area contributed by atoms with Crippen LogP contribution in [0.15, 0.2) is 72.8 Å². The summed E-state index contributed by atoms with van der Waals surface area (Å²) in [7, 11) is 0. The quantitative estimate of drug-likeness (QED) is 0.451. The average Bonchev–Trinajstić information content (AvgIpc) is 3.06. The van der Waals surface area contributed by atoms with Crippen molar-refractivity contribution in [2.75, 3.05) is 6.61 Å². The Hall–Kier alpha value is -3.44. The number of aliphatic carboxylic acids is 1. The van der Waals surface area contributed by atoms with Gasteiger partial charge < -0.3 is 15.6 Å². The second-order valence-corrected chi connectivity index (χ2v) is 8.03.